The zero-order valence-electron chi connectivity index (χ0n) is 11.9. The molecule has 1 aromatic rings. The quantitative estimate of drug-likeness (QED) is 0.886. The minimum absolute atomic E-state index is 0.107. The summed E-state index contributed by atoms with van der Waals surface area (Å²) in [5.74, 6) is -1.13. The highest BCUT2D eigenvalue weighted by molar-refractivity contribution is 7.88. The van der Waals surface area contributed by atoms with Gasteiger partial charge in [-0.1, -0.05) is 12.1 Å². The number of piperidine rings is 1. The van der Waals surface area contributed by atoms with Crippen LogP contribution in [0.4, 0.5) is 0 Å². The third-order valence-electron chi connectivity index (χ3n) is 3.68. The molecule has 0 unspecified atom stereocenters. The molecule has 2 rings (SSSR count). The van der Waals surface area contributed by atoms with E-state index in [4.69, 9.17) is 9.84 Å². The Kier molecular flexibility index (Phi) is 4.97. The average molecular weight is 313 g/mol. The fraction of sp³-hybridized carbons (Fsp3) is 0.500. The zero-order valence-corrected chi connectivity index (χ0v) is 12.7. The van der Waals surface area contributed by atoms with Gasteiger partial charge in [-0.05, 0) is 30.5 Å². The standard InChI is InChI=1S/C14H19NO5S/c1-20-13-6-8-15(9-7-13)21(18,19)10-11-2-4-12(5-3-11)14(16)17/h2-5,13H,6-10H2,1H3,(H,16,17). The molecule has 0 aliphatic carbocycles. The van der Waals surface area contributed by atoms with Crippen molar-refractivity contribution in [1.82, 2.24) is 4.31 Å². The number of ether oxygens (including phenoxy) is 1. The number of aromatic carboxylic acids is 1. The number of rotatable bonds is 5. The van der Waals surface area contributed by atoms with Crippen molar-refractivity contribution in [2.24, 2.45) is 0 Å². The lowest BCUT2D eigenvalue weighted by Crippen LogP contribution is -2.41. The van der Waals surface area contributed by atoms with E-state index < -0.39 is 16.0 Å². The molecule has 6 nitrogen and oxygen atoms in total. The van der Waals surface area contributed by atoms with Crippen LogP contribution in [0.3, 0.4) is 0 Å². The Labute approximate surface area is 124 Å². The molecule has 1 saturated heterocycles. The van der Waals surface area contributed by atoms with E-state index in [9.17, 15) is 13.2 Å². The highest BCUT2D eigenvalue weighted by Crippen LogP contribution is 2.19. The van der Waals surface area contributed by atoms with Crippen LogP contribution in [0.25, 0.3) is 0 Å². The minimum atomic E-state index is -3.37. The molecular weight excluding hydrogens is 294 g/mol. The van der Waals surface area contributed by atoms with Crippen molar-refractivity contribution in [3.63, 3.8) is 0 Å². The second kappa shape index (κ2) is 6.55. The number of methoxy groups -OCH3 is 1. The average Bonchev–Trinajstić information content (AvgIpc) is 2.47. The first kappa shape index (κ1) is 15.9. The fourth-order valence-corrected chi connectivity index (χ4v) is 3.95. The summed E-state index contributed by atoms with van der Waals surface area (Å²) in [5.41, 5.74) is 0.742. The Bertz CT molecular complexity index is 588. The summed E-state index contributed by atoms with van der Waals surface area (Å²) in [6.45, 7) is 0.933. The van der Waals surface area contributed by atoms with Crippen molar-refractivity contribution in [3.05, 3.63) is 35.4 Å². The predicted octanol–water partition coefficient (Wildman–Crippen LogP) is 1.33. The van der Waals surface area contributed by atoms with Crippen LogP contribution in [-0.4, -0.2) is 50.1 Å². The number of carboxylic acids is 1. The lowest BCUT2D eigenvalue weighted by Gasteiger charge is -2.30. The maximum Gasteiger partial charge on any atom is 0.335 e. The van der Waals surface area contributed by atoms with E-state index in [0.717, 1.165) is 0 Å². The van der Waals surface area contributed by atoms with Crippen LogP contribution >= 0.6 is 0 Å². The van der Waals surface area contributed by atoms with Gasteiger partial charge in [0.05, 0.1) is 17.4 Å². The van der Waals surface area contributed by atoms with Gasteiger partial charge < -0.3 is 9.84 Å². The van der Waals surface area contributed by atoms with Gasteiger partial charge >= 0.3 is 5.97 Å². The summed E-state index contributed by atoms with van der Waals surface area (Å²) in [4.78, 5) is 10.8. The summed E-state index contributed by atoms with van der Waals surface area (Å²) in [7, 11) is -1.73. The molecule has 0 bridgehead atoms. The van der Waals surface area contributed by atoms with Crippen LogP contribution in [0.2, 0.25) is 0 Å². The molecule has 0 spiro atoms. The molecule has 0 aromatic heterocycles. The topological polar surface area (TPSA) is 83.9 Å². The highest BCUT2D eigenvalue weighted by atomic mass is 32.2. The van der Waals surface area contributed by atoms with E-state index in [0.29, 0.717) is 31.5 Å². The van der Waals surface area contributed by atoms with Crippen molar-refractivity contribution < 1.29 is 23.1 Å². The van der Waals surface area contributed by atoms with E-state index in [-0.39, 0.29) is 17.4 Å². The molecule has 1 heterocycles. The molecular formula is C14H19NO5S. The zero-order chi connectivity index (χ0) is 15.5. The van der Waals surface area contributed by atoms with Crippen LogP contribution in [-0.2, 0) is 20.5 Å². The van der Waals surface area contributed by atoms with Gasteiger partial charge in [0.15, 0.2) is 0 Å². The molecule has 1 fully saturated rings. The molecule has 21 heavy (non-hydrogen) atoms. The monoisotopic (exact) mass is 313 g/mol. The van der Waals surface area contributed by atoms with Gasteiger partial charge in [-0.15, -0.1) is 0 Å². The van der Waals surface area contributed by atoms with Gasteiger partial charge in [-0.25, -0.2) is 17.5 Å². The Hall–Kier alpha value is -1.44. The fourth-order valence-electron chi connectivity index (χ4n) is 2.39. The summed E-state index contributed by atoms with van der Waals surface area (Å²) in [5, 5.41) is 8.82. The lowest BCUT2D eigenvalue weighted by atomic mass is 10.1. The van der Waals surface area contributed by atoms with Gasteiger partial charge in [-0.2, -0.15) is 0 Å². The van der Waals surface area contributed by atoms with Gasteiger partial charge in [0.2, 0.25) is 10.0 Å². The number of nitrogens with zero attached hydrogens (tertiary/aromatic N) is 1. The molecule has 1 aliphatic rings. The molecule has 0 radical (unpaired) electrons. The Morgan fingerprint density at radius 2 is 1.86 bits per heavy atom. The largest absolute Gasteiger partial charge is 0.478 e. The van der Waals surface area contributed by atoms with Crippen molar-refractivity contribution in [1.29, 1.82) is 0 Å². The third-order valence-corrected chi connectivity index (χ3v) is 5.53. The van der Waals surface area contributed by atoms with Crippen molar-refractivity contribution >= 4 is 16.0 Å². The summed E-state index contributed by atoms with van der Waals surface area (Å²) >= 11 is 0. The Morgan fingerprint density at radius 1 is 1.29 bits per heavy atom. The predicted molar refractivity (Wildman–Crippen MR) is 77.6 cm³/mol. The normalized spacial score (nSPS) is 17.8. The smallest absolute Gasteiger partial charge is 0.335 e. The summed E-state index contributed by atoms with van der Waals surface area (Å²) in [6, 6.07) is 5.93. The molecule has 0 atom stereocenters. The maximum atomic E-state index is 12.3. The van der Waals surface area contributed by atoms with Crippen LogP contribution in [0.15, 0.2) is 24.3 Å². The number of carbonyl (C=O) groups is 1. The maximum absolute atomic E-state index is 12.3. The lowest BCUT2D eigenvalue weighted by molar-refractivity contribution is 0.0604. The van der Waals surface area contributed by atoms with E-state index >= 15 is 0 Å². The molecule has 7 heteroatoms. The Balaban J connectivity index is 2.02. The van der Waals surface area contributed by atoms with Gasteiger partial charge in [-0.3, -0.25) is 0 Å². The molecule has 1 aromatic carbocycles. The number of hydrogen-bond acceptors (Lipinski definition) is 4. The first-order chi connectivity index (χ1) is 9.92. The molecule has 1 aliphatic heterocycles. The van der Waals surface area contributed by atoms with Crippen LogP contribution in [0.5, 0.6) is 0 Å². The molecule has 0 saturated carbocycles. The van der Waals surface area contributed by atoms with Gasteiger partial charge in [0, 0.05) is 20.2 Å². The molecule has 116 valence electrons. The summed E-state index contributed by atoms with van der Waals surface area (Å²) < 4.78 is 31.4. The number of hydrogen-bond donors (Lipinski definition) is 1. The van der Waals surface area contributed by atoms with Crippen LogP contribution < -0.4 is 0 Å². The van der Waals surface area contributed by atoms with E-state index in [1.54, 1.807) is 19.2 Å². The van der Waals surface area contributed by atoms with Crippen molar-refractivity contribution in [2.75, 3.05) is 20.2 Å². The van der Waals surface area contributed by atoms with Crippen LogP contribution in [0.1, 0.15) is 28.8 Å². The first-order valence-electron chi connectivity index (χ1n) is 6.75. The van der Waals surface area contributed by atoms with E-state index in [1.165, 1.54) is 16.4 Å². The third kappa shape index (κ3) is 4.03. The number of benzene rings is 1. The second-order valence-corrected chi connectivity index (χ2v) is 7.06. The number of carboxylic acid groups (broad SMARTS) is 1. The molecule has 1 N–H and O–H groups in total. The molecule has 0 amide bonds. The number of sulfonamides is 1. The van der Waals surface area contributed by atoms with Gasteiger partial charge in [0.1, 0.15) is 0 Å². The Morgan fingerprint density at radius 3 is 2.33 bits per heavy atom. The van der Waals surface area contributed by atoms with Crippen molar-refractivity contribution in [3.8, 4) is 0 Å². The minimum Gasteiger partial charge on any atom is -0.478 e. The van der Waals surface area contributed by atoms with Crippen LogP contribution in [0, 0.1) is 0 Å². The van der Waals surface area contributed by atoms with Gasteiger partial charge in [0.25, 0.3) is 0 Å². The highest BCUT2D eigenvalue weighted by Gasteiger charge is 2.28. The van der Waals surface area contributed by atoms with Crippen molar-refractivity contribution in [2.45, 2.75) is 24.7 Å². The van der Waals surface area contributed by atoms with E-state index in [2.05, 4.69) is 0 Å². The van der Waals surface area contributed by atoms with E-state index in [1.807, 2.05) is 0 Å². The first-order valence-corrected chi connectivity index (χ1v) is 8.36. The summed E-state index contributed by atoms with van der Waals surface area (Å²) in [6.07, 6.45) is 1.53. The SMILES string of the molecule is COC1CCN(S(=O)(=O)Cc2ccc(C(=O)O)cc2)CC1. The second-order valence-electron chi connectivity index (χ2n) is 5.09.